The lowest BCUT2D eigenvalue weighted by atomic mass is 10.1. The van der Waals surface area contributed by atoms with E-state index in [-0.39, 0.29) is 11.0 Å². The quantitative estimate of drug-likeness (QED) is 0.525. The Morgan fingerprint density at radius 3 is 2.79 bits per heavy atom. The number of aromatic nitrogens is 3. The van der Waals surface area contributed by atoms with E-state index in [1.165, 1.54) is 24.6 Å². The number of methoxy groups -OCH3 is 1. The van der Waals surface area contributed by atoms with Gasteiger partial charge in [0, 0.05) is 18.4 Å². The molecule has 1 aromatic carbocycles. The number of thiazole rings is 1. The number of nitrogens with one attached hydrogen (secondary N) is 1. The zero-order valence-corrected chi connectivity index (χ0v) is 17.5. The first kappa shape index (κ1) is 19.4. The van der Waals surface area contributed by atoms with Crippen molar-refractivity contribution in [3.8, 4) is 5.75 Å². The van der Waals surface area contributed by atoms with Crippen LogP contribution < -0.4 is 15.5 Å². The van der Waals surface area contributed by atoms with Crippen LogP contribution in [0.2, 0.25) is 5.02 Å². The number of amides is 1. The summed E-state index contributed by atoms with van der Waals surface area (Å²) in [6.07, 6.45) is 1.54. The largest absolute Gasteiger partial charge is 0.494 e. The molecule has 0 atom stereocenters. The molecular formula is C20H17ClN4O3S. The van der Waals surface area contributed by atoms with Gasteiger partial charge in [0.25, 0.3) is 5.91 Å². The minimum atomic E-state index is -0.533. The Bertz CT molecular complexity index is 1330. The summed E-state index contributed by atoms with van der Waals surface area (Å²) in [6, 6.07) is 6.89. The third-order valence-electron chi connectivity index (χ3n) is 4.54. The summed E-state index contributed by atoms with van der Waals surface area (Å²) in [5, 5.41) is 3.96. The monoisotopic (exact) mass is 428 g/mol. The maximum atomic E-state index is 12.9. The zero-order valence-electron chi connectivity index (χ0n) is 15.9. The van der Waals surface area contributed by atoms with Crippen LogP contribution in [0, 0.1) is 6.92 Å². The molecule has 0 aliphatic rings. The van der Waals surface area contributed by atoms with Gasteiger partial charge in [-0.1, -0.05) is 22.9 Å². The molecule has 148 valence electrons. The van der Waals surface area contributed by atoms with Gasteiger partial charge in [0.2, 0.25) is 5.43 Å². The molecule has 0 aliphatic heterocycles. The SMILES string of the molecule is CCn1cc(C(=O)Nc2nc3c(OC)ccc(Cl)c3s2)c(=O)c2ccc(C)nc21. The number of pyridine rings is 2. The number of aryl methyl sites for hydroxylation is 2. The molecule has 0 aliphatic carbocycles. The van der Waals surface area contributed by atoms with Gasteiger partial charge in [-0.15, -0.1) is 0 Å². The highest BCUT2D eigenvalue weighted by molar-refractivity contribution is 7.23. The predicted octanol–water partition coefficient (Wildman–Crippen LogP) is 4.25. The van der Waals surface area contributed by atoms with Gasteiger partial charge in [0.15, 0.2) is 5.13 Å². The van der Waals surface area contributed by atoms with Crippen LogP contribution in [0.4, 0.5) is 5.13 Å². The van der Waals surface area contributed by atoms with Crippen molar-refractivity contribution in [2.45, 2.75) is 20.4 Å². The molecular weight excluding hydrogens is 412 g/mol. The minimum absolute atomic E-state index is 0.0299. The van der Waals surface area contributed by atoms with E-state index in [0.717, 1.165) is 5.69 Å². The van der Waals surface area contributed by atoms with E-state index in [0.29, 0.717) is 43.7 Å². The maximum Gasteiger partial charge on any atom is 0.262 e. The Morgan fingerprint density at radius 1 is 1.28 bits per heavy atom. The zero-order chi connectivity index (χ0) is 20.7. The number of hydrogen-bond donors (Lipinski definition) is 1. The molecule has 4 aromatic rings. The average Bonchev–Trinajstić information content (AvgIpc) is 3.13. The van der Waals surface area contributed by atoms with Crippen LogP contribution in [-0.2, 0) is 6.54 Å². The van der Waals surface area contributed by atoms with Crippen molar-refractivity contribution < 1.29 is 9.53 Å². The van der Waals surface area contributed by atoms with Crippen LogP contribution in [0.1, 0.15) is 23.0 Å². The summed E-state index contributed by atoms with van der Waals surface area (Å²) in [5.41, 5.74) is 1.58. The van der Waals surface area contributed by atoms with Gasteiger partial charge in [-0.05, 0) is 38.1 Å². The molecule has 1 amide bonds. The number of rotatable bonds is 4. The smallest absolute Gasteiger partial charge is 0.262 e. The van der Waals surface area contributed by atoms with Crippen molar-refractivity contribution in [3.05, 3.63) is 57.0 Å². The normalized spacial score (nSPS) is 11.2. The second-order valence-electron chi connectivity index (χ2n) is 6.38. The van der Waals surface area contributed by atoms with E-state index in [1.54, 1.807) is 28.8 Å². The summed E-state index contributed by atoms with van der Waals surface area (Å²) in [7, 11) is 1.54. The van der Waals surface area contributed by atoms with Crippen LogP contribution >= 0.6 is 22.9 Å². The number of nitrogens with zero attached hydrogens (tertiary/aromatic N) is 3. The highest BCUT2D eigenvalue weighted by atomic mass is 35.5. The number of halogens is 1. The van der Waals surface area contributed by atoms with Gasteiger partial charge in [-0.25, -0.2) is 9.97 Å². The highest BCUT2D eigenvalue weighted by Gasteiger charge is 2.19. The molecule has 0 saturated heterocycles. The van der Waals surface area contributed by atoms with Crippen molar-refractivity contribution in [2.24, 2.45) is 0 Å². The van der Waals surface area contributed by atoms with Crippen LogP contribution in [-0.4, -0.2) is 27.6 Å². The van der Waals surface area contributed by atoms with Crippen LogP contribution in [0.15, 0.2) is 35.3 Å². The topological polar surface area (TPSA) is 86.1 Å². The molecule has 0 unspecified atom stereocenters. The highest BCUT2D eigenvalue weighted by Crippen LogP contribution is 2.37. The van der Waals surface area contributed by atoms with Crippen LogP contribution in [0.5, 0.6) is 5.75 Å². The van der Waals surface area contributed by atoms with Crippen molar-refractivity contribution in [2.75, 3.05) is 12.4 Å². The number of carbonyl (C=O) groups excluding carboxylic acids is 1. The molecule has 3 heterocycles. The van der Waals surface area contributed by atoms with Crippen molar-refractivity contribution in [1.29, 1.82) is 0 Å². The molecule has 0 spiro atoms. The van der Waals surface area contributed by atoms with Gasteiger partial charge in [0.1, 0.15) is 22.5 Å². The maximum absolute atomic E-state index is 12.9. The Labute approximate surface area is 174 Å². The minimum Gasteiger partial charge on any atom is -0.494 e. The fraction of sp³-hybridized carbons (Fsp3) is 0.200. The average molecular weight is 429 g/mol. The van der Waals surface area contributed by atoms with Crippen LogP contribution in [0.25, 0.3) is 21.3 Å². The predicted molar refractivity (Wildman–Crippen MR) is 116 cm³/mol. The second-order valence-corrected chi connectivity index (χ2v) is 7.79. The molecule has 29 heavy (non-hydrogen) atoms. The first-order chi connectivity index (χ1) is 13.9. The number of carbonyl (C=O) groups is 1. The van der Waals surface area contributed by atoms with Crippen molar-refractivity contribution in [1.82, 2.24) is 14.5 Å². The van der Waals surface area contributed by atoms with Crippen molar-refractivity contribution >= 4 is 55.2 Å². The number of benzene rings is 1. The van der Waals surface area contributed by atoms with E-state index in [9.17, 15) is 9.59 Å². The molecule has 4 rings (SSSR count). The fourth-order valence-corrected chi connectivity index (χ4v) is 4.25. The Kier molecular flexibility index (Phi) is 4.97. The van der Waals surface area contributed by atoms with Gasteiger partial charge in [-0.2, -0.15) is 0 Å². The van der Waals surface area contributed by atoms with E-state index in [1.807, 2.05) is 13.8 Å². The third-order valence-corrected chi connectivity index (χ3v) is 5.98. The van der Waals surface area contributed by atoms with Gasteiger partial charge < -0.3 is 9.30 Å². The van der Waals surface area contributed by atoms with Gasteiger partial charge in [-0.3, -0.25) is 14.9 Å². The second kappa shape index (κ2) is 7.46. The fourth-order valence-electron chi connectivity index (χ4n) is 3.10. The van der Waals surface area contributed by atoms with Gasteiger partial charge >= 0.3 is 0 Å². The number of ether oxygens (including phenoxy) is 1. The standard InChI is InChI=1S/C20H17ClN4O3S/c1-4-25-9-12(16(26)11-6-5-10(2)22-18(11)25)19(27)24-20-23-15-14(28-3)8-7-13(21)17(15)29-20/h5-9H,4H2,1-3H3,(H,23,24,27). The summed E-state index contributed by atoms with van der Waals surface area (Å²) in [4.78, 5) is 34.6. The molecule has 0 bridgehead atoms. The summed E-state index contributed by atoms with van der Waals surface area (Å²) in [6.45, 7) is 4.36. The summed E-state index contributed by atoms with van der Waals surface area (Å²) >= 11 is 7.46. The molecule has 1 N–H and O–H groups in total. The molecule has 0 saturated carbocycles. The van der Waals surface area contributed by atoms with E-state index in [4.69, 9.17) is 16.3 Å². The first-order valence-electron chi connectivity index (χ1n) is 8.88. The lowest BCUT2D eigenvalue weighted by Crippen LogP contribution is -2.24. The Hall–Kier alpha value is -2.97. The van der Waals surface area contributed by atoms with Crippen molar-refractivity contribution in [3.63, 3.8) is 0 Å². The molecule has 9 heteroatoms. The van der Waals surface area contributed by atoms with Gasteiger partial charge in [0.05, 0.1) is 22.2 Å². The summed E-state index contributed by atoms with van der Waals surface area (Å²) in [5.74, 6) is 0.0236. The number of hydrogen-bond acceptors (Lipinski definition) is 6. The lowest BCUT2D eigenvalue weighted by Gasteiger charge is -2.11. The van der Waals surface area contributed by atoms with E-state index in [2.05, 4.69) is 15.3 Å². The molecule has 3 aromatic heterocycles. The molecule has 7 nitrogen and oxygen atoms in total. The summed E-state index contributed by atoms with van der Waals surface area (Å²) < 4.78 is 7.79. The van der Waals surface area contributed by atoms with Crippen LogP contribution in [0.3, 0.4) is 0 Å². The van der Waals surface area contributed by atoms with E-state index >= 15 is 0 Å². The lowest BCUT2D eigenvalue weighted by molar-refractivity contribution is 0.102. The Morgan fingerprint density at radius 2 is 2.07 bits per heavy atom. The van der Waals surface area contributed by atoms with E-state index < -0.39 is 5.91 Å². The number of anilines is 1. The third kappa shape index (κ3) is 3.34. The first-order valence-corrected chi connectivity index (χ1v) is 10.1. The molecule has 0 fully saturated rings. The number of fused-ring (bicyclic) bond motifs is 2. The molecule has 0 radical (unpaired) electrons. The Balaban J connectivity index is 1.78.